The first kappa shape index (κ1) is 35.6. The molecular weight excluding hydrogens is 739 g/mol. The van der Waals surface area contributed by atoms with Crippen LogP contribution in [0.3, 0.4) is 0 Å². The van der Waals surface area contributed by atoms with Gasteiger partial charge in [-0.25, -0.2) is 15.0 Å². The zero-order valence-electron chi connectivity index (χ0n) is 34.6. The van der Waals surface area contributed by atoms with Gasteiger partial charge in [-0.15, -0.1) is 16.4 Å². The lowest BCUT2D eigenvalue weighted by atomic mass is 9.60. The van der Waals surface area contributed by atoms with Crippen molar-refractivity contribution in [3.63, 3.8) is 0 Å². The maximum atomic E-state index is 6.53. The second-order valence-electron chi connectivity index (χ2n) is 16.5. The molecule has 0 fully saturated rings. The molecule has 0 atom stereocenters. The molecule has 0 aliphatic carbocycles. The third kappa shape index (κ3) is 5.31. The number of furan rings is 1. The fourth-order valence-electron chi connectivity index (χ4n) is 9.86. The molecule has 11 aromatic rings. The van der Waals surface area contributed by atoms with E-state index in [1.807, 2.05) is 18.2 Å². The summed E-state index contributed by atoms with van der Waals surface area (Å²) in [4.78, 5) is 18.2. The van der Waals surface area contributed by atoms with Crippen molar-refractivity contribution in [3.8, 4) is 45.3 Å². The molecule has 9 aromatic carbocycles. The third-order valence-corrected chi connectivity index (χ3v) is 13.4. The van der Waals surface area contributed by atoms with Crippen LogP contribution >= 0.6 is 0 Å². The number of rotatable bonds is 4. The molecule has 12 rings (SSSR count). The molecule has 0 unspecified atom stereocenters. The van der Waals surface area contributed by atoms with Crippen LogP contribution in [0.25, 0.3) is 99.5 Å². The molecule has 0 amide bonds. The van der Waals surface area contributed by atoms with Gasteiger partial charge in [0.15, 0.2) is 17.5 Å². The number of benzene rings is 9. The van der Waals surface area contributed by atoms with Crippen LogP contribution < -0.4 is 32.2 Å². The van der Waals surface area contributed by atoms with Crippen LogP contribution in [0.4, 0.5) is 17.1 Å². The number of anilines is 3. The van der Waals surface area contributed by atoms with Gasteiger partial charge in [0, 0.05) is 38.5 Å². The van der Waals surface area contributed by atoms with Crippen LogP contribution in [0, 0.1) is 0 Å². The van der Waals surface area contributed by atoms with Gasteiger partial charge in [-0.1, -0.05) is 120 Å². The van der Waals surface area contributed by atoms with E-state index in [1.165, 1.54) is 71.4 Å². The second-order valence-corrected chi connectivity index (χ2v) is 16.5. The minimum absolute atomic E-state index is 0.584. The van der Waals surface area contributed by atoms with Crippen LogP contribution in [-0.2, 0) is 0 Å². The standard InChI is InChI=1S/C51H35B5N4O/c52-43-42(44(53)46(55)47(56)45(43)54)51-58-49(57-50(59-51)36-15-7-13-34-33-12-3-4-17-39(33)61-48(34)36)30-19-18-29-25-31(22-20-28(29)24-30)60-37-16-6-10-27-9-5-14-35(40(27)37)41-32-11-2-1-8-26(32)21-23-38(41)60/h1-25H,52-56H2. The van der Waals surface area contributed by atoms with Gasteiger partial charge in [0.2, 0.25) is 0 Å². The van der Waals surface area contributed by atoms with Gasteiger partial charge in [0.05, 0.1) is 16.9 Å². The highest BCUT2D eigenvalue weighted by molar-refractivity contribution is 6.68. The summed E-state index contributed by atoms with van der Waals surface area (Å²) in [5, 5.41) is 9.34. The summed E-state index contributed by atoms with van der Waals surface area (Å²) in [6.45, 7) is 0. The Bertz CT molecular complexity index is 3660. The van der Waals surface area contributed by atoms with Gasteiger partial charge in [-0.2, -0.15) is 0 Å². The summed E-state index contributed by atoms with van der Waals surface area (Å²) in [6, 6.07) is 54.3. The minimum Gasteiger partial charge on any atom is -0.455 e. The summed E-state index contributed by atoms with van der Waals surface area (Å²) >= 11 is 0. The molecule has 0 radical (unpaired) electrons. The van der Waals surface area contributed by atoms with Crippen LogP contribution in [0.2, 0.25) is 0 Å². The monoisotopic (exact) mass is 774 g/mol. The fourth-order valence-corrected chi connectivity index (χ4v) is 9.86. The number of fused-ring (bicyclic) bond motifs is 8. The van der Waals surface area contributed by atoms with Gasteiger partial charge < -0.3 is 9.32 Å². The SMILES string of the molecule is Bc1c(B)c(B)c(-c2nc(-c3ccc4cc(N5c6ccc7ccccc7c6-c6cccc7cccc5c67)ccc4c3)nc(-c3cccc4c3oc3ccccc34)n2)c(B)c1B. The molecule has 1 aliphatic rings. The summed E-state index contributed by atoms with van der Waals surface area (Å²) < 4.78 is 6.53. The van der Waals surface area contributed by atoms with E-state index in [-0.39, 0.29) is 0 Å². The van der Waals surface area contributed by atoms with E-state index in [4.69, 9.17) is 19.4 Å². The maximum absolute atomic E-state index is 6.53. The first-order chi connectivity index (χ1) is 29.8. The lowest BCUT2D eigenvalue weighted by Crippen LogP contribution is -2.55. The van der Waals surface area contributed by atoms with Crippen LogP contribution in [0.1, 0.15) is 0 Å². The number of para-hydroxylation sites is 2. The summed E-state index contributed by atoms with van der Waals surface area (Å²) in [5.41, 5.74) is 16.6. The van der Waals surface area contributed by atoms with E-state index in [0.717, 1.165) is 55.1 Å². The summed E-state index contributed by atoms with van der Waals surface area (Å²) in [7, 11) is 11.0. The van der Waals surface area contributed by atoms with Crippen molar-refractivity contribution in [1.29, 1.82) is 0 Å². The van der Waals surface area contributed by atoms with Crippen molar-refractivity contribution in [2.75, 3.05) is 4.90 Å². The smallest absolute Gasteiger partial charge is 0.167 e. The molecule has 0 saturated heterocycles. The highest BCUT2D eigenvalue weighted by Crippen LogP contribution is 2.53. The topological polar surface area (TPSA) is 55.1 Å². The van der Waals surface area contributed by atoms with Crippen molar-refractivity contribution in [2.24, 2.45) is 0 Å². The normalized spacial score (nSPS) is 12.2. The van der Waals surface area contributed by atoms with E-state index in [2.05, 4.69) is 178 Å². The molecule has 0 spiro atoms. The van der Waals surface area contributed by atoms with Crippen molar-refractivity contribution >= 4 is 138 Å². The molecular formula is C51H35B5N4O. The number of hydrogen-bond acceptors (Lipinski definition) is 5. The highest BCUT2D eigenvalue weighted by atomic mass is 16.3. The third-order valence-electron chi connectivity index (χ3n) is 13.4. The summed E-state index contributed by atoms with van der Waals surface area (Å²) in [5.74, 6) is 1.87. The van der Waals surface area contributed by atoms with Crippen molar-refractivity contribution in [3.05, 3.63) is 152 Å². The average molecular weight is 774 g/mol. The number of aromatic nitrogens is 3. The van der Waals surface area contributed by atoms with Crippen LogP contribution in [0.5, 0.6) is 0 Å². The zero-order chi connectivity index (χ0) is 41.1. The lowest BCUT2D eigenvalue weighted by molar-refractivity contribution is 0.669. The van der Waals surface area contributed by atoms with Crippen LogP contribution in [0.15, 0.2) is 156 Å². The van der Waals surface area contributed by atoms with Gasteiger partial charge in [-0.05, 0) is 75.0 Å². The maximum Gasteiger partial charge on any atom is 0.167 e. The van der Waals surface area contributed by atoms with Gasteiger partial charge in [-0.3, -0.25) is 0 Å². The molecule has 10 heteroatoms. The molecule has 0 bridgehead atoms. The molecule has 280 valence electrons. The predicted octanol–water partition coefficient (Wildman–Crippen LogP) is 4.97. The van der Waals surface area contributed by atoms with E-state index >= 15 is 0 Å². The average Bonchev–Trinajstić information content (AvgIpc) is 3.69. The Hall–Kier alpha value is -7.31. The Kier molecular flexibility index (Phi) is 7.80. The lowest BCUT2D eigenvalue weighted by Gasteiger charge is -2.34. The van der Waals surface area contributed by atoms with E-state index in [1.54, 1.807) is 0 Å². The molecule has 0 N–H and O–H groups in total. The molecule has 61 heavy (non-hydrogen) atoms. The Balaban J connectivity index is 1.04. The van der Waals surface area contributed by atoms with Gasteiger partial charge >= 0.3 is 0 Å². The van der Waals surface area contributed by atoms with Crippen LogP contribution in [-0.4, -0.2) is 54.2 Å². The first-order valence-corrected chi connectivity index (χ1v) is 20.9. The Morgan fingerprint density at radius 1 is 0.410 bits per heavy atom. The Morgan fingerprint density at radius 2 is 1.03 bits per heavy atom. The highest BCUT2D eigenvalue weighted by Gasteiger charge is 2.28. The van der Waals surface area contributed by atoms with E-state index < -0.39 is 0 Å². The fraction of sp³-hybridized carbons (Fsp3) is 0. The molecule has 5 nitrogen and oxygen atoms in total. The number of hydrogen-bond donors (Lipinski definition) is 0. The van der Waals surface area contributed by atoms with Crippen molar-refractivity contribution < 1.29 is 4.42 Å². The molecule has 0 saturated carbocycles. The first-order valence-electron chi connectivity index (χ1n) is 20.9. The Morgan fingerprint density at radius 3 is 1.89 bits per heavy atom. The molecule has 1 aliphatic heterocycles. The van der Waals surface area contributed by atoms with Crippen molar-refractivity contribution in [2.45, 2.75) is 0 Å². The zero-order valence-corrected chi connectivity index (χ0v) is 34.6. The Labute approximate surface area is 357 Å². The van der Waals surface area contributed by atoms with E-state index in [0.29, 0.717) is 17.5 Å². The predicted molar refractivity (Wildman–Crippen MR) is 270 cm³/mol. The quantitative estimate of drug-likeness (QED) is 0.237. The largest absolute Gasteiger partial charge is 0.455 e. The molecule has 2 aromatic heterocycles. The van der Waals surface area contributed by atoms with Gasteiger partial charge in [0.1, 0.15) is 50.4 Å². The summed E-state index contributed by atoms with van der Waals surface area (Å²) in [6.07, 6.45) is 0. The number of nitrogens with zero attached hydrogens (tertiary/aromatic N) is 4. The van der Waals surface area contributed by atoms with Gasteiger partial charge in [0.25, 0.3) is 0 Å². The van der Waals surface area contributed by atoms with Crippen molar-refractivity contribution in [1.82, 2.24) is 15.0 Å². The van der Waals surface area contributed by atoms with E-state index in [9.17, 15) is 0 Å². The second kappa shape index (κ2) is 13.4. The molecule has 3 heterocycles. The minimum atomic E-state index is 0.584.